The van der Waals surface area contributed by atoms with Crippen molar-refractivity contribution in [2.24, 2.45) is 0 Å². The Labute approximate surface area is 207 Å². The predicted molar refractivity (Wildman–Crippen MR) is 135 cm³/mol. The van der Waals surface area contributed by atoms with Crippen molar-refractivity contribution in [3.05, 3.63) is 53.6 Å². The van der Waals surface area contributed by atoms with Gasteiger partial charge in [-0.25, -0.2) is 9.59 Å². The number of ether oxygens (including phenoxy) is 2. The zero-order chi connectivity index (χ0) is 25.8. The van der Waals surface area contributed by atoms with Gasteiger partial charge in [0.1, 0.15) is 18.1 Å². The van der Waals surface area contributed by atoms with Crippen LogP contribution in [0.3, 0.4) is 0 Å². The number of nitrogens with zero attached hydrogens (tertiary/aromatic N) is 2. The highest BCUT2D eigenvalue weighted by molar-refractivity contribution is 6.27. The van der Waals surface area contributed by atoms with E-state index in [-0.39, 0.29) is 0 Å². The monoisotopic (exact) mass is 482 g/mol. The van der Waals surface area contributed by atoms with Crippen LogP contribution in [0, 0.1) is 18.8 Å². The topological polar surface area (TPSA) is 99.5 Å². The molecule has 0 unspecified atom stereocenters. The maximum atomic E-state index is 9.10. The van der Waals surface area contributed by atoms with Gasteiger partial charge >= 0.3 is 11.9 Å². The molecule has 0 aromatic heterocycles. The van der Waals surface area contributed by atoms with Gasteiger partial charge in [0, 0.05) is 26.2 Å². The number of aliphatic carboxylic acids is 2. The average Bonchev–Trinajstić information content (AvgIpc) is 2.84. The molecule has 1 aliphatic heterocycles. The maximum Gasteiger partial charge on any atom is 0.414 e. The number of para-hydroxylation sites is 2. The number of anilines is 1. The molecule has 1 aliphatic rings. The van der Waals surface area contributed by atoms with Gasteiger partial charge in [-0.15, -0.1) is 0 Å². The maximum absolute atomic E-state index is 9.10. The first-order chi connectivity index (χ1) is 16.7. The van der Waals surface area contributed by atoms with E-state index in [1.165, 1.54) is 16.8 Å². The van der Waals surface area contributed by atoms with Gasteiger partial charge in [-0.05, 0) is 42.2 Å². The molecule has 1 fully saturated rings. The summed E-state index contributed by atoms with van der Waals surface area (Å²) >= 11 is 0. The van der Waals surface area contributed by atoms with E-state index in [1.54, 1.807) is 7.11 Å². The van der Waals surface area contributed by atoms with Gasteiger partial charge in [-0.2, -0.15) is 0 Å². The van der Waals surface area contributed by atoms with Gasteiger partial charge in [0.05, 0.1) is 19.3 Å². The van der Waals surface area contributed by atoms with Crippen molar-refractivity contribution in [2.75, 3.05) is 51.3 Å². The fourth-order valence-electron chi connectivity index (χ4n) is 3.61. The second-order valence-electron chi connectivity index (χ2n) is 8.38. The highest BCUT2D eigenvalue weighted by atomic mass is 16.5. The van der Waals surface area contributed by atoms with Crippen LogP contribution >= 0.6 is 0 Å². The molecule has 35 heavy (non-hydrogen) atoms. The number of carboxylic acid groups (broad SMARTS) is 2. The fourth-order valence-corrected chi connectivity index (χ4v) is 3.61. The summed E-state index contributed by atoms with van der Waals surface area (Å²) in [6.07, 6.45) is 0. The van der Waals surface area contributed by atoms with Crippen LogP contribution in [-0.2, 0) is 9.59 Å². The molecule has 2 aromatic rings. The lowest BCUT2D eigenvalue weighted by Crippen LogP contribution is -2.46. The molecule has 0 radical (unpaired) electrons. The Morgan fingerprint density at radius 3 is 2.23 bits per heavy atom. The summed E-state index contributed by atoms with van der Waals surface area (Å²) in [7, 11) is 1.73. The Morgan fingerprint density at radius 2 is 1.63 bits per heavy atom. The minimum Gasteiger partial charge on any atom is -0.495 e. The highest BCUT2D eigenvalue weighted by Gasteiger charge is 2.18. The fraction of sp³-hybridized carbons (Fsp3) is 0.407. The van der Waals surface area contributed by atoms with Crippen molar-refractivity contribution in [1.82, 2.24) is 4.90 Å². The second kappa shape index (κ2) is 13.9. The number of carboxylic acids is 2. The molecule has 1 saturated heterocycles. The highest BCUT2D eigenvalue weighted by Crippen LogP contribution is 2.28. The van der Waals surface area contributed by atoms with Crippen molar-refractivity contribution in [1.29, 1.82) is 0 Å². The van der Waals surface area contributed by atoms with Crippen LogP contribution in [0.1, 0.15) is 30.9 Å². The van der Waals surface area contributed by atoms with E-state index < -0.39 is 11.9 Å². The number of carbonyl (C=O) groups is 2. The van der Waals surface area contributed by atoms with Crippen molar-refractivity contribution in [3.8, 4) is 23.3 Å². The first-order valence-corrected chi connectivity index (χ1v) is 11.5. The van der Waals surface area contributed by atoms with Crippen molar-refractivity contribution >= 4 is 17.6 Å². The molecule has 0 saturated carbocycles. The van der Waals surface area contributed by atoms with E-state index >= 15 is 0 Å². The minimum absolute atomic E-state index is 0.435. The molecule has 2 N–H and O–H groups in total. The number of methoxy groups -OCH3 is 1. The molecule has 0 spiro atoms. The van der Waals surface area contributed by atoms with Crippen molar-refractivity contribution < 1.29 is 29.3 Å². The van der Waals surface area contributed by atoms with E-state index in [2.05, 4.69) is 72.7 Å². The summed E-state index contributed by atoms with van der Waals surface area (Å²) in [4.78, 5) is 23.0. The Morgan fingerprint density at radius 1 is 0.971 bits per heavy atom. The van der Waals surface area contributed by atoms with Crippen LogP contribution in [0.15, 0.2) is 42.5 Å². The lowest BCUT2D eigenvalue weighted by molar-refractivity contribution is -0.159. The number of aryl methyl sites for hydroxylation is 1. The van der Waals surface area contributed by atoms with Crippen molar-refractivity contribution in [3.63, 3.8) is 0 Å². The molecule has 8 heteroatoms. The number of hydrogen-bond donors (Lipinski definition) is 2. The number of benzene rings is 2. The first kappa shape index (κ1) is 27.5. The molecule has 188 valence electrons. The van der Waals surface area contributed by atoms with Crippen LogP contribution in [0.25, 0.3) is 0 Å². The molecular weight excluding hydrogens is 448 g/mol. The Kier molecular flexibility index (Phi) is 10.9. The van der Waals surface area contributed by atoms with Gasteiger partial charge in [0.2, 0.25) is 0 Å². The van der Waals surface area contributed by atoms with Crippen LogP contribution in [0.2, 0.25) is 0 Å². The van der Waals surface area contributed by atoms with Gasteiger partial charge in [-0.3, -0.25) is 4.90 Å². The minimum atomic E-state index is -1.82. The summed E-state index contributed by atoms with van der Waals surface area (Å²) < 4.78 is 11.4. The smallest absolute Gasteiger partial charge is 0.414 e. The molecule has 2 aromatic carbocycles. The lowest BCUT2D eigenvalue weighted by atomic mass is 10.0. The first-order valence-electron chi connectivity index (χ1n) is 11.5. The molecule has 0 amide bonds. The summed E-state index contributed by atoms with van der Waals surface area (Å²) in [5, 5.41) is 14.8. The largest absolute Gasteiger partial charge is 0.495 e. The van der Waals surface area contributed by atoms with Crippen molar-refractivity contribution in [2.45, 2.75) is 26.7 Å². The normalized spacial score (nSPS) is 13.2. The Balaban J connectivity index is 0.000000641. The summed E-state index contributed by atoms with van der Waals surface area (Å²) in [6, 6.07) is 14.6. The number of rotatable bonds is 6. The zero-order valence-corrected chi connectivity index (χ0v) is 20.8. The third-order valence-electron chi connectivity index (χ3n) is 5.50. The molecule has 1 heterocycles. The van der Waals surface area contributed by atoms with Crippen LogP contribution in [0.4, 0.5) is 5.69 Å². The summed E-state index contributed by atoms with van der Waals surface area (Å²) in [5.41, 5.74) is 3.63. The van der Waals surface area contributed by atoms with E-state index in [1.807, 2.05) is 12.1 Å². The third-order valence-corrected chi connectivity index (χ3v) is 5.50. The van der Waals surface area contributed by atoms with E-state index in [0.29, 0.717) is 12.5 Å². The standard InChI is InChI=1S/C25H32N2O2.C2H2O4/c1-20(2)22-12-11-21(3)19-25(22)29-18-8-7-13-26-14-16-27(17-15-26)23-9-5-6-10-24(23)28-4;3-1(4)2(5)6/h5-6,9-12,19-20H,13-18H2,1-4H3;(H,3,4)(H,5,6). The van der Waals surface area contributed by atoms with Gasteiger partial charge < -0.3 is 24.6 Å². The Hall–Kier alpha value is -3.70. The quantitative estimate of drug-likeness (QED) is 0.477. The Bertz CT molecular complexity index is 1040. The molecule has 3 rings (SSSR count). The van der Waals surface area contributed by atoms with Crippen LogP contribution in [-0.4, -0.2) is 73.5 Å². The molecule has 0 atom stereocenters. The average molecular weight is 483 g/mol. The predicted octanol–water partition coefficient (Wildman–Crippen LogP) is 3.49. The number of piperazine rings is 1. The summed E-state index contributed by atoms with van der Waals surface area (Å²) in [5.74, 6) is 5.15. The van der Waals surface area contributed by atoms with E-state index in [4.69, 9.17) is 29.3 Å². The third kappa shape index (κ3) is 8.87. The van der Waals surface area contributed by atoms with Crippen LogP contribution in [0.5, 0.6) is 11.5 Å². The zero-order valence-electron chi connectivity index (χ0n) is 20.8. The lowest BCUT2D eigenvalue weighted by Gasteiger charge is -2.35. The van der Waals surface area contributed by atoms with E-state index in [9.17, 15) is 0 Å². The van der Waals surface area contributed by atoms with Gasteiger partial charge in [0.15, 0.2) is 0 Å². The van der Waals surface area contributed by atoms with Gasteiger partial charge in [-0.1, -0.05) is 50.0 Å². The van der Waals surface area contributed by atoms with Crippen LogP contribution < -0.4 is 14.4 Å². The SMILES string of the molecule is COc1ccccc1N1CCN(CC#CCOc2cc(C)ccc2C(C)C)CC1.O=C(O)C(=O)O. The molecule has 8 nitrogen and oxygen atoms in total. The molecule has 0 aliphatic carbocycles. The second-order valence-corrected chi connectivity index (χ2v) is 8.38. The van der Waals surface area contributed by atoms with Gasteiger partial charge in [0.25, 0.3) is 0 Å². The molecular formula is C27H34N2O6. The van der Waals surface area contributed by atoms with E-state index in [0.717, 1.165) is 44.2 Å². The number of hydrogen-bond acceptors (Lipinski definition) is 6. The molecule has 0 bridgehead atoms. The summed E-state index contributed by atoms with van der Waals surface area (Å²) in [6.45, 7) is 11.7.